The van der Waals surface area contributed by atoms with Gasteiger partial charge in [-0.15, -0.1) is 11.3 Å². The van der Waals surface area contributed by atoms with Gasteiger partial charge in [0.25, 0.3) is 5.91 Å². The van der Waals surface area contributed by atoms with Crippen LogP contribution in [-0.4, -0.2) is 42.6 Å². The molecule has 1 saturated heterocycles. The van der Waals surface area contributed by atoms with Crippen molar-refractivity contribution in [2.75, 3.05) is 19.7 Å². The predicted molar refractivity (Wildman–Crippen MR) is 68.6 cm³/mol. The van der Waals surface area contributed by atoms with Gasteiger partial charge < -0.3 is 15.4 Å². The minimum absolute atomic E-state index is 0.0287. The number of carbonyl (C=O) groups is 1. The van der Waals surface area contributed by atoms with Crippen LogP contribution < -0.4 is 5.73 Å². The van der Waals surface area contributed by atoms with Crippen molar-refractivity contribution in [3.05, 3.63) is 21.3 Å². The Morgan fingerprint density at radius 2 is 2.53 bits per heavy atom. The van der Waals surface area contributed by atoms with Crippen molar-refractivity contribution in [3.8, 4) is 0 Å². The molecule has 17 heavy (non-hydrogen) atoms. The Kier molecular flexibility index (Phi) is 4.04. The van der Waals surface area contributed by atoms with Crippen LogP contribution in [0.3, 0.4) is 0 Å². The van der Waals surface area contributed by atoms with E-state index in [4.69, 9.17) is 22.1 Å². The summed E-state index contributed by atoms with van der Waals surface area (Å²) >= 11 is 7.33. The summed E-state index contributed by atoms with van der Waals surface area (Å²) in [6, 6.07) is 1.66. The van der Waals surface area contributed by atoms with Crippen molar-refractivity contribution in [2.45, 2.75) is 19.1 Å². The van der Waals surface area contributed by atoms with Crippen LogP contribution in [-0.2, 0) is 4.74 Å². The van der Waals surface area contributed by atoms with Crippen molar-refractivity contribution >= 4 is 28.8 Å². The predicted octanol–water partition coefficient (Wildman–Crippen LogP) is 1.59. The zero-order valence-corrected chi connectivity index (χ0v) is 11.1. The number of rotatable bonds is 2. The summed E-state index contributed by atoms with van der Waals surface area (Å²) in [7, 11) is 0. The van der Waals surface area contributed by atoms with E-state index in [1.54, 1.807) is 11.0 Å². The van der Waals surface area contributed by atoms with Gasteiger partial charge in [0.1, 0.15) is 4.88 Å². The fraction of sp³-hybridized carbons (Fsp3) is 0.545. The van der Waals surface area contributed by atoms with E-state index in [1.807, 2.05) is 12.3 Å². The Balaban J connectivity index is 2.07. The van der Waals surface area contributed by atoms with Crippen molar-refractivity contribution in [1.82, 2.24) is 4.90 Å². The van der Waals surface area contributed by atoms with Gasteiger partial charge in [-0.25, -0.2) is 0 Å². The van der Waals surface area contributed by atoms with E-state index in [0.29, 0.717) is 29.6 Å². The van der Waals surface area contributed by atoms with Crippen LogP contribution in [0.25, 0.3) is 0 Å². The molecule has 1 amide bonds. The number of halogens is 1. The van der Waals surface area contributed by atoms with Crippen molar-refractivity contribution < 1.29 is 9.53 Å². The molecule has 1 aromatic heterocycles. The average molecular weight is 275 g/mol. The number of nitrogens with zero attached hydrogens (tertiary/aromatic N) is 1. The first-order valence-electron chi connectivity index (χ1n) is 5.49. The molecule has 2 unspecified atom stereocenters. The third-order valence-corrected chi connectivity index (χ3v) is 4.11. The lowest BCUT2D eigenvalue weighted by Crippen LogP contribution is -2.51. The number of amides is 1. The monoisotopic (exact) mass is 274 g/mol. The summed E-state index contributed by atoms with van der Waals surface area (Å²) in [6.45, 7) is 3.54. The van der Waals surface area contributed by atoms with E-state index in [9.17, 15) is 4.79 Å². The van der Waals surface area contributed by atoms with Crippen LogP contribution in [0.1, 0.15) is 16.6 Å². The molecule has 94 valence electrons. The molecular formula is C11H15ClN2O2S. The summed E-state index contributed by atoms with van der Waals surface area (Å²) < 4.78 is 5.52. The molecule has 0 aromatic carbocycles. The molecule has 2 atom stereocenters. The lowest BCUT2D eigenvalue weighted by Gasteiger charge is -2.34. The van der Waals surface area contributed by atoms with Gasteiger partial charge in [-0.1, -0.05) is 11.6 Å². The molecular weight excluding hydrogens is 260 g/mol. The lowest BCUT2D eigenvalue weighted by atomic mass is 10.1. The highest BCUT2D eigenvalue weighted by atomic mass is 35.5. The fourth-order valence-corrected chi connectivity index (χ4v) is 2.87. The molecule has 2 rings (SSSR count). The van der Waals surface area contributed by atoms with Crippen LogP contribution >= 0.6 is 22.9 Å². The van der Waals surface area contributed by atoms with Gasteiger partial charge in [-0.3, -0.25) is 4.79 Å². The maximum atomic E-state index is 12.2. The summed E-state index contributed by atoms with van der Waals surface area (Å²) in [6.07, 6.45) is -0.0913. The highest BCUT2D eigenvalue weighted by Crippen LogP contribution is 2.24. The van der Waals surface area contributed by atoms with E-state index >= 15 is 0 Å². The van der Waals surface area contributed by atoms with E-state index in [0.717, 1.165) is 0 Å². The molecule has 1 aromatic rings. The number of hydrogen-bond acceptors (Lipinski definition) is 4. The molecule has 2 N–H and O–H groups in total. The minimum Gasteiger partial charge on any atom is -0.373 e. The topological polar surface area (TPSA) is 55.6 Å². The van der Waals surface area contributed by atoms with E-state index in [2.05, 4.69) is 0 Å². The average Bonchev–Trinajstić information content (AvgIpc) is 2.74. The van der Waals surface area contributed by atoms with Crippen LogP contribution in [0.4, 0.5) is 0 Å². The van der Waals surface area contributed by atoms with Crippen LogP contribution in [0.15, 0.2) is 11.4 Å². The van der Waals surface area contributed by atoms with Gasteiger partial charge in [0.05, 0.1) is 17.7 Å². The zero-order valence-electron chi connectivity index (χ0n) is 9.56. The van der Waals surface area contributed by atoms with Gasteiger partial charge >= 0.3 is 0 Å². The maximum absolute atomic E-state index is 12.2. The number of hydrogen-bond donors (Lipinski definition) is 1. The van der Waals surface area contributed by atoms with Gasteiger partial charge in [0, 0.05) is 19.1 Å². The van der Waals surface area contributed by atoms with Gasteiger partial charge in [0.2, 0.25) is 0 Å². The fourth-order valence-electron chi connectivity index (χ4n) is 1.77. The molecule has 1 aliphatic rings. The van der Waals surface area contributed by atoms with Crippen molar-refractivity contribution in [3.63, 3.8) is 0 Å². The highest BCUT2D eigenvalue weighted by molar-refractivity contribution is 7.12. The Hall–Kier alpha value is -0.620. The van der Waals surface area contributed by atoms with Crippen LogP contribution in [0.5, 0.6) is 0 Å². The smallest absolute Gasteiger partial charge is 0.265 e. The summed E-state index contributed by atoms with van der Waals surface area (Å²) in [5.74, 6) is -0.0287. The van der Waals surface area contributed by atoms with E-state index < -0.39 is 0 Å². The number of thiophene rings is 1. The van der Waals surface area contributed by atoms with Gasteiger partial charge in [0.15, 0.2) is 0 Å². The molecule has 0 saturated carbocycles. The summed E-state index contributed by atoms with van der Waals surface area (Å²) in [5, 5.41) is 2.34. The molecule has 0 radical (unpaired) electrons. The van der Waals surface area contributed by atoms with Crippen LogP contribution in [0, 0.1) is 0 Å². The number of morpholine rings is 1. The lowest BCUT2D eigenvalue weighted by molar-refractivity contribution is -0.0298. The van der Waals surface area contributed by atoms with Crippen LogP contribution in [0.2, 0.25) is 5.02 Å². The quantitative estimate of drug-likeness (QED) is 0.891. The van der Waals surface area contributed by atoms with Crippen molar-refractivity contribution in [2.24, 2.45) is 5.73 Å². The Bertz CT molecular complexity index is 408. The molecule has 4 nitrogen and oxygen atoms in total. The molecule has 0 bridgehead atoms. The minimum atomic E-state index is -0.0913. The second kappa shape index (κ2) is 5.35. The SMILES string of the molecule is CC(N)C1CN(C(=O)c2sccc2Cl)CCO1. The molecule has 2 heterocycles. The van der Waals surface area contributed by atoms with Gasteiger partial charge in [-0.05, 0) is 18.4 Å². The molecule has 0 aliphatic carbocycles. The second-order valence-electron chi connectivity index (χ2n) is 4.12. The number of carbonyl (C=O) groups excluding carboxylic acids is 1. The number of ether oxygens (including phenoxy) is 1. The normalized spacial score (nSPS) is 22.5. The molecule has 1 aliphatic heterocycles. The second-order valence-corrected chi connectivity index (χ2v) is 5.44. The maximum Gasteiger partial charge on any atom is 0.265 e. The number of nitrogens with two attached hydrogens (primary N) is 1. The van der Waals surface area contributed by atoms with Crippen molar-refractivity contribution in [1.29, 1.82) is 0 Å². The molecule has 6 heteroatoms. The third kappa shape index (κ3) is 2.80. The van der Waals surface area contributed by atoms with E-state index in [-0.39, 0.29) is 18.1 Å². The standard InChI is InChI=1S/C11H15ClN2O2S/c1-7(13)9-6-14(3-4-16-9)11(15)10-8(12)2-5-17-10/h2,5,7,9H,3-4,6,13H2,1H3. The Morgan fingerprint density at radius 1 is 1.76 bits per heavy atom. The first-order chi connectivity index (χ1) is 8.09. The Labute approximate surface area is 109 Å². The Morgan fingerprint density at radius 3 is 3.12 bits per heavy atom. The first-order valence-corrected chi connectivity index (χ1v) is 6.75. The third-order valence-electron chi connectivity index (χ3n) is 2.78. The summed E-state index contributed by atoms with van der Waals surface area (Å²) in [4.78, 5) is 14.6. The molecule has 0 spiro atoms. The molecule has 1 fully saturated rings. The highest BCUT2D eigenvalue weighted by Gasteiger charge is 2.28. The van der Waals surface area contributed by atoms with Gasteiger partial charge in [-0.2, -0.15) is 0 Å². The zero-order chi connectivity index (χ0) is 12.4. The first kappa shape index (κ1) is 12.8. The largest absolute Gasteiger partial charge is 0.373 e. The summed E-state index contributed by atoms with van der Waals surface area (Å²) in [5.41, 5.74) is 5.79. The van der Waals surface area contributed by atoms with E-state index in [1.165, 1.54) is 11.3 Å².